The predicted octanol–water partition coefficient (Wildman–Crippen LogP) is 2.14. The van der Waals surface area contributed by atoms with Crippen LogP contribution in [0, 0.1) is 6.92 Å². The molecule has 1 aromatic carbocycles. The van der Waals surface area contributed by atoms with E-state index in [9.17, 15) is 0 Å². The van der Waals surface area contributed by atoms with Crippen LogP contribution in [0.25, 0.3) is 10.2 Å². The first kappa shape index (κ1) is 13.1. The molecule has 0 aliphatic rings. The molecule has 0 aliphatic heterocycles. The van der Waals surface area contributed by atoms with Crippen molar-refractivity contribution in [3.8, 4) is 0 Å². The molecule has 3 aromatic rings. The number of nitrogens with zero attached hydrogens (tertiary/aromatic N) is 3. The van der Waals surface area contributed by atoms with Gasteiger partial charge in [-0.3, -0.25) is 11.3 Å². The maximum Gasteiger partial charge on any atom is 0.125 e. The van der Waals surface area contributed by atoms with Gasteiger partial charge in [-0.1, -0.05) is 12.1 Å². The molecule has 0 amide bonds. The Labute approximate surface area is 120 Å². The molecule has 0 radical (unpaired) electrons. The summed E-state index contributed by atoms with van der Waals surface area (Å²) in [5.41, 5.74) is 4.73. The number of para-hydroxylation sites is 1. The van der Waals surface area contributed by atoms with Gasteiger partial charge in [0, 0.05) is 12.6 Å². The van der Waals surface area contributed by atoms with E-state index in [-0.39, 0.29) is 6.04 Å². The smallest absolute Gasteiger partial charge is 0.125 e. The predicted molar refractivity (Wildman–Crippen MR) is 80.2 cm³/mol. The zero-order valence-corrected chi connectivity index (χ0v) is 11.9. The highest BCUT2D eigenvalue weighted by atomic mass is 32.1. The molecule has 6 heteroatoms. The average molecular weight is 285 g/mol. The molecular weight excluding hydrogens is 270 g/mol. The highest BCUT2D eigenvalue weighted by Gasteiger charge is 2.15. The Kier molecular flexibility index (Phi) is 3.68. The number of rotatable bonds is 4. The largest absolute Gasteiger partial charge is 0.271 e. The van der Waals surface area contributed by atoms with Crippen LogP contribution in [-0.2, 0) is 6.42 Å². The lowest BCUT2D eigenvalue weighted by atomic mass is 10.1. The molecule has 2 heterocycles. The van der Waals surface area contributed by atoms with Gasteiger partial charge in [-0.05, 0) is 25.1 Å². The normalized spacial score (nSPS) is 12.7. The Hall–Kier alpha value is -1.89. The minimum atomic E-state index is -0.0581. The molecule has 3 N–H and O–H groups in total. The number of thiazole rings is 1. The van der Waals surface area contributed by atoms with Gasteiger partial charge in [0.15, 0.2) is 0 Å². The fourth-order valence-electron chi connectivity index (χ4n) is 2.10. The second-order valence-corrected chi connectivity index (χ2v) is 5.64. The standard InChI is InChI=1S/C14H15N5S/c1-9-16-7-6-10(17-9)12(19-15)8-14-18-11-4-2-3-5-13(11)20-14/h2-7,12,19H,8,15H2,1H3. The maximum atomic E-state index is 5.66. The molecule has 2 aromatic heterocycles. The van der Waals surface area contributed by atoms with Gasteiger partial charge in [0.25, 0.3) is 0 Å². The summed E-state index contributed by atoms with van der Waals surface area (Å²) in [6, 6.07) is 9.95. The Morgan fingerprint density at radius 1 is 1.25 bits per heavy atom. The molecule has 102 valence electrons. The number of nitrogens with two attached hydrogens (primary N) is 1. The van der Waals surface area contributed by atoms with Crippen LogP contribution < -0.4 is 11.3 Å². The third-order valence-electron chi connectivity index (χ3n) is 3.07. The van der Waals surface area contributed by atoms with Crippen LogP contribution in [0.15, 0.2) is 36.5 Å². The van der Waals surface area contributed by atoms with E-state index in [0.717, 1.165) is 22.0 Å². The van der Waals surface area contributed by atoms with E-state index in [0.29, 0.717) is 6.42 Å². The second-order valence-electron chi connectivity index (χ2n) is 4.53. The van der Waals surface area contributed by atoms with Gasteiger partial charge < -0.3 is 0 Å². The molecule has 0 bridgehead atoms. The van der Waals surface area contributed by atoms with Gasteiger partial charge >= 0.3 is 0 Å². The van der Waals surface area contributed by atoms with Crippen LogP contribution in [0.4, 0.5) is 0 Å². The molecule has 1 unspecified atom stereocenters. The third-order valence-corrected chi connectivity index (χ3v) is 4.13. The topological polar surface area (TPSA) is 76.7 Å². The van der Waals surface area contributed by atoms with E-state index in [1.165, 1.54) is 4.70 Å². The van der Waals surface area contributed by atoms with Crippen molar-refractivity contribution in [1.82, 2.24) is 20.4 Å². The van der Waals surface area contributed by atoms with Crippen molar-refractivity contribution in [3.05, 3.63) is 53.1 Å². The summed E-state index contributed by atoms with van der Waals surface area (Å²) in [5.74, 6) is 6.41. The average Bonchev–Trinajstić information content (AvgIpc) is 2.87. The van der Waals surface area contributed by atoms with Crippen LogP contribution in [0.1, 0.15) is 22.6 Å². The number of hydrazine groups is 1. The molecule has 0 saturated carbocycles. The fraction of sp³-hybridized carbons (Fsp3) is 0.214. The lowest BCUT2D eigenvalue weighted by Gasteiger charge is -2.13. The van der Waals surface area contributed by atoms with Crippen molar-refractivity contribution in [2.24, 2.45) is 5.84 Å². The molecule has 3 rings (SSSR count). The number of benzene rings is 1. The quantitative estimate of drug-likeness (QED) is 0.567. The van der Waals surface area contributed by atoms with Crippen molar-refractivity contribution >= 4 is 21.6 Å². The molecule has 0 spiro atoms. The van der Waals surface area contributed by atoms with Gasteiger partial charge in [-0.25, -0.2) is 15.0 Å². The number of hydrogen-bond donors (Lipinski definition) is 2. The summed E-state index contributed by atoms with van der Waals surface area (Å²) in [7, 11) is 0. The highest BCUT2D eigenvalue weighted by Crippen LogP contribution is 2.25. The molecule has 0 aliphatic carbocycles. The van der Waals surface area contributed by atoms with Crippen molar-refractivity contribution in [2.45, 2.75) is 19.4 Å². The van der Waals surface area contributed by atoms with Crippen LogP contribution in [0.5, 0.6) is 0 Å². The summed E-state index contributed by atoms with van der Waals surface area (Å²) in [6.45, 7) is 1.87. The monoisotopic (exact) mass is 285 g/mol. The Morgan fingerprint density at radius 2 is 2.10 bits per heavy atom. The molecular formula is C14H15N5S. The first-order valence-electron chi connectivity index (χ1n) is 6.36. The zero-order chi connectivity index (χ0) is 13.9. The van der Waals surface area contributed by atoms with Crippen LogP contribution >= 0.6 is 11.3 Å². The SMILES string of the molecule is Cc1nccc(C(Cc2nc3ccccc3s2)NN)n1. The van der Waals surface area contributed by atoms with Crippen molar-refractivity contribution in [1.29, 1.82) is 0 Å². The van der Waals surface area contributed by atoms with Gasteiger partial charge in [0.05, 0.1) is 27.0 Å². The van der Waals surface area contributed by atoms with Gasteiger partial charge in [-0.2, -0.15) is 0 Å². The first-order chi connectivity index (χ1) is 9.76. The molecule has 0 fully saturated rings. The number of aromatic nitrogens is 3. The van der Waals surface area contributed by atoms with E-state index in [4.69, 9.17) is 5.84 Å². The summed E-state index contributed by atoms with van der Waals surface area (Å²) >= 11 is 1.69. The second kappa shape index (κ2) is 5.62. The Morgan fingerprint density at radius 3 is 2.85 bits per heavy atom. The van der Waals surface area contributed by atoms with Gasteiger partial charge in [0.1, 0.15) is 5.82 Å². The van der Waals surface area contributed by atoms with Crippen LogP contribution in [0.2, 0.25) is 0 Å². The lowest BCUT2D eigenvalue weighted by molar-refractivity contribution is 0.535. The van der Waals surface area contributed by atoms with Gasteiger partial charge in [0.2, 0.25) is 0 Å². The van der Waals surface area contributed by atoms with Crippen molar-refractivity contribution < 1.29 is 0 Å². The van der Waals surface area contributed by atoms with E-state index in [2.05, 4.69) is 26.4 Å². The zero-order valence-electron chi connectivity index (χ0n) is 11.1. The third kappa shape index (κ3) is 2.67. The van der Waals surface area contributed by atoms with Crippen molar-refractivity contribution in [2.75, 3.05) is 0 Å². The number of nitrogens with one attached hydrogen (secondary N) is 1. The summed E-state index contributed by atoms with van der Waals surface area (Å²) in [5, 5.41) is 1.05. The molecule has 5 nitrogen and oxygen atoms in total. The highest BCUT2D eigenvalue weighted by molar-refractivity contribution is 7.18. The maximum absolute atomic E-state index is 5.66. The minimum Gasteiger partial charge on any atom is -0.271 e. The Balaban J connectivity index is 1.87. The Bertz CT molecular complexity index is 691. The number of hydrogen-bond acceptors (Lipinski definition) is 6. The van der Waals surface area contributed by atoms with Crippen LogP contribution in [0.3, 0.4) is 0 Å². The summed E-state index contributed by atoms with van der Waals surface area (Å²) in [6.07, 6.45) is 2.46. The van der Waals surface area contributed by atoms with E-state index < -0.39 is 0 Å². The van der Waals surface area contributed by atoms with Crippen LogP contribution in [-0.4, -0.2) is 15.0 Å². The first-order valence-corrected chi connectivity index (χ1v) is 7.18. The summed E-state index contributed by atoms with van der Waals surface area (Å²) < 4.78 is 1.19. The fourth-order valence-corrected chi connectivity index (χ4v) is 3.11. The molecule has 1 atom stereocenters. The number of fused-ring (bicyclic) bond motifs is 1. The molecule has 20 heavy (non-hydrogen) atoms. The minimum absolute atomic E-state index is 0.0581. The van der Waals surface area contributed by atoms with E-state index in [1.807, 2.05) is 31.2 Å². The van der Waals surface area contributed by atoms with Gasteiger partial charge in [-0.15, -0.1) is 11.3 Å². The number of aryl methyl sites for hydroxylation is 1. The van der Waals surface area contributed by atoms with E-state index >= 15 is 0 Å². The lowest BCUT2D eigenvalue weighted by Crippen LogP contribution is -2.30. The molecule has 0 saturated heterocycles. The van der Waals surface area contributed by atoms with E-state index in [1.54, 1.807) is 17.5 Å². The van der Waals surface area contributed by atoms with Crippen molar-refractivity contribution in [3.63, 3.8) is 0 Å². The summed E-state index contributed by atoms with van der Waals surface area (Å²) in [4.78, 5) is 13.2.